The van der Waals surface area contributed by atoms with Crippen molar-refractivity contribution in [1.82, 2.24) is 15.6 Å². The molecule has 1 saturated carbocycles. The zero-order valence-electron chi connectivity index (χ0n) is 17.9. The molecule has 1 amide bonds. The highest BCUT2D eigenvalue weighted by Gasteiger charge is 2.28. The number of aliphatic hydroxyl groups excluding tert-OH is 1. The van der Waals surface area contributed by atoms with Gasteiger partial charge in [0.15, 0.2) is 0 Å². The number of carbonyl (C=O) groups is 1. The van der Waals surface area contributed by atoms with Crippen LogP contribution in [0, 0.1) is 0 Å². The number of fused-ring (bicyclic) bond motifs is 1. The Morgan fingerprint density at radius 2 is 1.78 bits per heavy atom. The van der Waals surface area contributed by atoms with E-state index < -0.39 is 12.3 Å². The Bertz CT molecular complexity index is 1050. The third kappa shape index (κ3) is 5.84. The van der Waals surface area contributed by atoms with Crippen molar-refractivity contribution < 1.29 is 9.90 Å². The molecule has 32 heavy (non-hydrogen) atoms. The average Bonchev–Trinajstić information content (AvgIpc) is 3.20. The summed E-state index contributed by atoms with van der Waals surface area (Å²) < 4.78 is 0. The van der Waals surface area contributed by atoms with Crippen LogP contribution in [0.25, 0.3) is 10.9 Å². The predicted molar refractivity (Wildman–Crippen MR) is 130 cm³/mol. The van der Waals surface area contributed by atoms with Crippen molar-refractivity contribution in [3.8, 4) is 0 Å². The summed E-state index contributed by atoms with van der Waals surface area (Å²) in [5.74, 6) is -0.113. The minimum atomic E-state index is -0.896. The van der Waals surface area contributed by atoms with Gasteiger partial charge in [-0.2, -0.15) is 0 Å². The average molecular weight is 474 g/mol. The van der Waals surface area contributed by atoms with Crippen molar-refractivity contribution >= 4 is 40.0 Å². The fraction of sp³-hybridized carbons (Fsp3) is 0.400. The minimum Gasteiger partial charge on any atom is -0.376 e. The fourth-order valence-corrected chi connectivity index (χ4v) is 4.76. The van der Waals surface area contributed by atoms with Gasteiger partial charge in [0.1, 0.15) is 6.23 Å². The quantitative estimate of drug-likeness (QED) is 0.326. The third-order valence-corrected chi connectivity index (χ3v) is 6.70. The molecule has 4 N–H and O–H groups in total. The lowest BCUT2D eigenvalue weighted by molar-refractivity contribution is -0.123. The van der Waals surface area contributed by atoms with E-state index in [1.54, 1.807) is 0 Å². The maximum atomic E-state index is 12.9. The van der Waals surface area contributed by atoms with E-state index in [4.69, 9.17) is 23.2 Å². The highest BCUT2D eigenvalue weighted by molar-refractivity contribution is 6.31. The number of aromatic amines is 1. The van der Waals surface area contributed by atoms with Gasteiger partial charge < -0.3 is 15.4 Å². The van der Waals surface area contributed by atoms with Crippen molar-refractivity contribution in [1.29, 1.82) is 0 Å². The first kappa shape index (κ1) is 23.1. The molecule has 0 bridgehead atoms. The molecule has 0 radical (unpaired) electrons. The molecule has 1 heterocycles. The lowest BCUT2D eigenvalue weighted by atomic mass is 9.94. The van der Waals surface area contributed by atoms with Crippen LogP contribution in [0.5, 0.6) is 0 Å². The Hall–Kier alpha value is -2.05. The Morgan fingerprint density at radius 1 is 1.06 bits per heavy atom. The van der Waals surface area contributed by atoms with E-state index in [9.17, 15) is 9.90 Å². The van der Waals surface area contributed by atoms with E-state index in [2.05, 4.69) is 15.6 Å². The van der Waals surface area contributed by atoms with Crippen molar-refractivity contribution in [2.45, 2.75) is 63.3 Å². The number of nitrogens with one attached hydrogen (secondary N) is 3. The highest BCUT2D eigenvalue weighted by atomic mass is 35.5. The molecule has 0 aliphatic heterocycles. The molecule has 1 aliphatic carbocycles. The molecule has 1 aromatic heterocycles. The number of hydrogen-bond donors (Lipinski definition) is 4. The van der Waals surface area contributed by atoms with Gasteiger partial charge in [-0.1, -0.05) is 60.7 Å². The Labute approximate surface area is 198 Å². The van der Waals surface area contributed by atoms with Crippen molar-refractivity contribution in [3.63, 3.8) is 0 Å². The molecular formula is C25H29Cl2N3O2. The fourth-order valence-electron chi connectivity index (χ4n) is 4.47. The van der Waals surface area contributed by atoms with Crippen LogP contribution in [-0.2, 0) is 11.2 Å². The molecule has 0 saturated heterocycles. The van der Waals surface area contributed by atoms with Crippen molar-refractivity contribution in [2.24, 2.45) is 0 Å². The van der Waals surface area contributed by atoms with E-state index in [0.717, 1.165) is 47.7 Å². The van der Waals surface area contributed by atoms with E-state index >= 15 is 0 Å². The molecule has 2 aromatic carbocycles. The second-order valence-corrected chi connectivity index (χ2v) is 9.42. The molecule has 2 unspecified atom stereocenters. The van der Waals surface area contributed by atoms with Gasteiger partial charge in [0.25, 0.3) is 0 Å². The SMILES string of the molecule is O=C(CCc1ccc(Cl)cc1)NC(c1c[nH]c2cc(Cl)ccc12)C(O)NC1CCCCC1. The van der Waals surface area contributed by atoms with Crippen LogP contribution in [0.1, 0.15) is 55.7 Å². The van der Waals surface area contributed by atoms with Crippen LogP contribution < -0.4 is 10.6 Å². The molecule has 7 heteroatoms. The second kappa shape index (κ2) is 10.7. The number of aliphatic hydroxyl groups is 1. The van der Waals surface area contributed by atoms with Crippen LogP contribution >= 0.6 is 23.2 Å². The monoisotopic (exact) mass is 473 g/mol. The van der Waals surface area contributed by atoms with Gasteiger partial charge in [-0.25, -0.2) is 0 Å². The second-order valence-electron chi connectivity index (χ2n) is 8.55. The number of halogens is 2. The standard InChI is InChI=1S/C25H29Cl2N3O2/c26-17-9-6-16(7-10-17)8-13-23(31)30-24(25(32)29-19-4-2-1-3-5-19)21-15-28-22-14-18(27)11-12-20(21)22/h6-7,9-12,14-15,19,24-25,28-29,32H,1-5,8,13H2,(H,30,31). The lowest BCUT2D eigenvalue weighted by Gasteiger charge is -2.31. The van der Waals surface area contributed by atoms with Gasteiger partial charge in [-0.15, -0.1) is 0 Å². The first-order valence-electron chi connectivity index (χ1n) is 11.2. The normalized spacial score (nSPS) is 16.7. The number of H-pyrrole nitrogens is 1. The molecule has 1 aliphatic rings. The van der Waals surface area contributed by atoms with Gasteiger partial charge in [0.2, 0.25) is 5.91 Å². The zero-order valence-corrected chi connectivity index (χ0v) is 19.4. The number of carbonyl (C=O) groups excluding carboxylic acids is 1. The maximum Gasteiger partial charge on any atom is 0.220 e. The third-order valence-electron chi connectivity index (χ3n) is 6.21. The summed E-state index contributed by atoms with van der Waals surface area (Å²) in [5.41, 5.74) is 2.76. The highest BCUT2D eigenvalue weighted by Crippen LogP contribution is 2.29. The molecular weight excluding hydrogens is 445 g/mol. The Kier molecular flexibility index (Phi) is 7.74. The van der Waals surface area contributed by atoms with Crippen LogP contribution in [-0.4, -0.2) is 28.3 Å². The molecule has 0 spiro atoms. The summed E-state index contributed by atoms with van der Waals surface area (Å²) in [7, 11) is 0. The largest absolute Gasteiger partial charge is 0.376 e. The molecule has 3 aromatic rings. The number of aryl methyl sites for hydroxylation is 1. The van der Waals surface area contributed by atoms with Gasteiger partial charge >= 0.3 is 0 Å². The maximum absolute atomic E-state index is 12.9. The van der Waals surface area contributed by atoms with E-state index in [1.807, 2.05) is 48.7 Å². The number of benzene rings is 2. The number of aromatic nitrogens is 1. The molecule has 170 valence electrons. The first-order valence-corrected chi connectivity index (χ1v) is 12.0. The van der Waals surface area contributed by atoms with E-state index in [1.165, 1.54) is 6.42 Å². The first-order chi connectivity index (χ1) is 15.5. The minimum absolute atomic E-state index is 0.113. The number of hydrogen-bond acceptors (Lipinski definition) is 3. The number of rotatable bonds is 8. The van der Waals surface area contributed by atoms with Crippen molar-refractivity contribution in [3.05, 3.63) is 69.8 Å². The zero-order chi connectivity index (χ0) is 22.5. The predicted octanol–water partition coefficient (Wildman–Crippen LogP) is 5.51. The van der Waals surface area contributed by atoms with Gasteiger partial charge in [-0.05, 0) is 49.1 Å². The van der Waals surface area contributed by atoms with Crippen molar-refractivity contribution in [2.75, 3.05) is 0 Å². The molecule has 2 atom stereocenters. The summed E-state index contributed by atoms with van der Waals surface area (Å²) in [5, 5.41) is 19.8. The molecule has 1 fully saturated rings. The molecule has 5 nitrogen and oxygen atoms in total. The summed E-state index contributed by atoms with van der Waals surface area (Å²) in [6.07, 6.45) is 7.51. The Morgan fingerprint density at radius 3 is 2.53 bits per heavy atom. The Balaban J connectivity index is 1.50. The summed E-state index contributed by atoms with van der Waals surface area (Å²) in [4.78, 5) is 16.1. The van der Waals surface area contributed by atoms with E-state index in [0.29, 0.717) is 22.9 Å². The molecule has 4 rings (SSSR count). The van der Waals surface area contributed by atoms with Gasteiger partial charge in [-0.3, -0.25) is 10.1 Å². The van der Waals surface area contributed by atoms with Crippen LogP contribution in [0.4, 0.5) is 0 Å². The van der Waals surface area contributed by atoms with Crippen LogP contribution in [0.2, 0.25) is 10.0 Å². The summed E-state index contributed by atoms with van der Waals surface area (Å²) in [6.45, 7) is 0. The van der Waals surface area contributed by atoms with Crippen LogP contribution in [0.15, 0.2) is 48.7 Å². The lowest BCUT2D eigenvalue weighted by Crippen LogP contribution is -2.48. The summed E-state index contributed by atoms with van der Waals surface area (Å²) in [6, 6.07) is 12.8. The topological polar surface area (TPSA) is 77.2 Å². The van der Waals surface area contributed by atoms with Crippen LogP contribution in [0.3, 0.4) is 0 Å². The summed E-state index contributed by atoms with van der Waals surface area (Å²) >= 11 is 12.1. The smallest absolute Gasteiger partial charge is 0.220 e. The number of amides is 1. The van der Waals surface area contributed by atoms with E-state index in [-0.39, 0.29) is 11.9 Å². The van der Waals surface area contributed by atoms with Gasteiger partial charge in [0, 0.05) is 45.2 Å². The van der Waals surface area contributed by atoms with Gasteiger partial charge in [0.05, 0.1) is 6.04 Å².